The molecule has 2 aliphatic heterocycles. The fraction of sp³-hybridized carbons (Fsp3) is 0.293. The first-order valence-electron chi connectivity index (χ1n) is 33.0. The van der Waals surface area contributed by atoms with Crippen molar-refractivity contribution in [1.82, 2.24) is 9.80 Å². The number of aryl methyl sites for hydroxylation is 8. The first-order valence-corrected chi connectivity index (χ1v) is 33.0. The zero-order valence-corrected chi connectivity index (χ0v) is 51.6. The van der Waals surface area contributed by atoms with E-state index in [-0.39, 0.29) is 35.5 Å². The quantitative estimate of drug-likeness (QED) is 0.0343. The van der Waals surface area contributed by atoms with Crippen LogP contribution in [0.15, 0.2) is 170 Å². The maximum absolute atomic E-state index is 15.8. The van der Waals surface area contributed by atoms with Crippen molar-refractivity contribution in [3.63, 3.8) is 0 Å². The van der Waals surface area contributed by atoms with Crippen molar-refractivity contribution >= 4 is 99.0 Å². The van der Waals surface area contributed by atoms with Crippen LogP contribution < -0.4 is 0 Å². The van der Waals surface area contributed by atoms with Gasteiger partial charge in [-0.1, -0.05) is 212 Å². The molecule has 0 N–H and O–H groups in total. The number of benzene rings is 12. The lowest BCUT2D eigenvalue weighted by atomic mass is 9.76. The van der Waals surface area contributed by atoms with Crippen LogP contribution in [-0.2, 0) is 51.4 Å². The van der Waals surface area contributed by atoms with Gasteiger partial charge in [0.15, 0.2) is 0 Å². The smallest absolute Gasteiger partial charge is 0.261 e. The van der Waals surface area contributed by atoms with Gasteiger partial charge in [0.1, 0.15) is 0 Å². The lowest BCUT2D eigenvalue weighted by Crippen LogP contribution is -2.44. The summed E-state index contributed by atoms with van der Waals surface area (Å²) in [7, 11) is 0. The molecule has 0 radical (unpaired) electrons. The molecule has 6 heteroatoms. The standard InChI is InChI=1S/C82H78N2O4/c1-5-9-23-51(7-3)49-83-79(85)69-57(37-33-53-25-15-11-16-26-53)45-65-61-41-43-63-67-47-59(39-35-55-29-19-13-20-30-55)71-78-72(82(88)84(81(71)87)50-52(8-4)24-10-6-2)60(40-36-56-31-21-14-22-32-56)48-68(76(67)78)64-44-42-62(73(61)74(63)64)66-46-58(38-34-54-27-17-12-18-28-54)70(80(83)86)77(69)75(65)66/h11-22,25-32,41-48,51-52H,5-10,23-24,33-40,49-50H2,1-4H3. The third-order valence-electron chi connectivity index (χ3n) is 20.4. The van der Waals surface area contributed by atoms with Crippen LogP contribution in [0.4, 0.5) is 0 Å². The lowest BCUT2D eigenvalue weighted by molar-refractivity contribution is 0.0563. The van der Waals surface area contributed by atoms with Gasteiger partial charge >= 0.3 is 0 Å². The van der Waals surface area contributed by atoms with E-state index in [0.717, 1.165) is 175 Å². The third-order valence-corrected chi connectivity index (χ3v) is 20.4. The van der Waals surface area contributed by atoms with Gasteiger partial charge < -0.3 is 0 Å². The van der Waals surface area contributed by atoms with Gasteiger partial charge in [-0.25, -0.2) is 0 Å². The minimum absolute atomic E-state index is 0.172. The molecule has 2 atom stereocenters. The highest BCUT2D eigenvalue weighted by atomic mass is 16.2. The van der Waals surface area contributed by atoms with E-state index in [1.54, 1.807) is 9.80 Å². The summed E-state index contributed by atoms with van der Waals surface area (Å²) in [5.74, 6) is -0.281. The molecule has 2 aliphatic rings. The number of nitrogens with zero attached hydrogens (tertiary/aromatic N) is 2. The van der Waals surface area contributed by atoms with Crippen LogP contribution in [0.5, 0.6) is 0 Å². The number of rotatable bonds is 24. The van der Waals surface area contributed by atoms with Crippen molar-refractivity contribution in [2.45, 2.75) is 130 Å². The second-order valence-electron chi connectivity index (χ2n) is 25.6. The number of carbonyl (C=O) groups excluding carboxylic acids is 4. The summed E-state index contributed by atoms with van der Waals surface area (Å²) < 4.78 is 0. The third kappa shape index (κ3) is 9.88. The molecule has 12 aromatic carbocycles. The van der Waals surface area contributed by atoms with Gasteiger partial charge in [0.05, 0.1) is 22.3 Å². The Morgan fingerprint density at radius 1 is 0.295 bits per heavy atom. The summed E-state index contributed by atoms with van der Waals surface area (Å²) in [5, 5.41) is 14.4. The molecule has 14 rings (SSSR count). The van der Waals surface area contributed by atoms with Gasteiger partial charge in [-0.2, -0.15) is 0 Å². The summed E-state index contributed by atoms with van der Waals surface area (Å²) in [6.07, 6.45) is 13.4. The number of imide groups is 2. The maximum atomic E-state index is 15.8. The van der Waals surface area contributed by atoms with Crippen molar-refractivity contribution < 1.29 is 19.2 Å². The summed E-state index contributed by atoms with van der Waals surface area (Å²) in [5.41, 5.74) is 11.4. The Balaban J connectivity index is 1.07. The Hall–Kier alpha value is -8.74. The van der Waals surface area contributed by atoms with E-state index < -0.39 is 0 Å². The minimum atomic E-state index is -0.172. The van der Waals surface area contributed by atoms with E-state index in [9.17, 15) is 0 Å². The van der Waals surface area contributed by atoms with Crippen molar-refractivity contribution in [1.29, 1.82) is 0 Å². The number of fused-ring (bicyclic) bond motifs is 4. The molecule has 2 unspecified atom stereocenters. The van der Waals surface area contributed by atoms with Crippen molar-refractivity contribution in [3.8, 4) is 0 Å². The fourth-order valence-corrected chi connectivity index (χ4v) is 15.6. The highest BCUT2D eigenvalue weighted by Gasteiger charge is 2.41. The zero-order valence-electron chi connectivity index (χ0n) is 51.6. The SMILES string of the molecule is CCCCC(CC)CN1C(=O)c2c(CCc3ccccc3)cc3c4ccc5c6cc(CCc7ccccc7)c7c8c(c(CCc9ccccc9)cc(c9ccc(c%10cc(CCc%11ccccc%11)c(c2c3%10)C1=O)c4c59)c86)C(=O)N(CC(CC)CCCC)C7=O. The molecular weight excluding hydrogens is 1080 g/mol. The Labute approximate surface area is 517 Å². The number of carbonyl (C=O) groups is 4. The largest absolute Gasteiger partial charge is 0.274 e. The van der Waals surface area contributed by atoms with E-state index in [2.05, 4.69) is 198 Å². The van der Waals surface area contributed by atoms with E-state index in [4.69, 9.17) is 0 Å². The Kier molecular flexibility index (Phi) is 15.6. The lowest BCUT2D eigenvalue weighted by Gasteiger charge is -2.34. The van der Waals surface area contributed by atoms with E-state index in [1.165, 1.54) is 22.3 Å². The summed E-state index contributed by atoms with van der Waals surface area (Å²) in [6.45, 7) is 9.60. The molecule has 0 spiro atoms. The van der Waals surface area contributed by atoms with Crippen molar-refractivity contribution in [3.05, 3.63) is 237 Å². The Bertz CT molecular complexity index is 4090. The number of amides is 4. The predicted octanol–water partition coefficient (Wildman–Crippen LogP) is 19.4. The highest BCUT2D eigenvalue weighted by Crippen LogP contribution is 2.52. The first-order chi connectivity index (χ1) is 43.2. The average molecular weight is 1160 g/mol. The molecule has 0 bridgehead atoms. The number of hydrogen-bond acceptors (Lipinski definition) is 4. The summed E-state index contributed by atoms with van der Waals surface area (Å²) in [6, 6.07) is 60.7. The molecule has 6 nitrogen and oxygen atoms in total. The van der Waals surface area contributed by atoms with Crippen LogP contribution >= 0.6 is 0 Å². The molecule has 88 heavy (non-hydrogen) atoms. The average Bonchev–Trinajstić information content (AvgIpc) is 0.716. The number of unbranched alkanes of at least 4 members (excludes halogenated alkanes) is 2. The molecular formula is C82H78N2O4. The van der Waals surface area contributed by atoms with E-state index >= 15 is 19.2 Å². The molecule has 0 aromatic heterocycles. The molecule has 2 heterocycles. The molecule has 0 saturated carbocycles. The summed E-state index contributed by atoms with van der Waals surface area (Å²) in [4.78, 5) is 66.3. The van der Waals surface area contributed by atoms with Crippen molar-refractivity contribution in [2.24, 2.45) is 11.8 Å². The maximum Gasteiger partial charge on any atom is 0.261 e. The fourth-order valence-electron chi connectivity index (χ4n) is 15.6. The first kappa shape index (κ1) is 57.0. The van der Waals surface area contributed by atoms with Crippen LogP contribution in [0.3, 0.4) is 0 Å². The second-order valence-corrected chi connectivity index (χ2v) is 25.6. The van der Waals surface area contributed by atoms with Crippen LogP contribution in [0.25, 0.3) is 75.4 Å². The van der Waals surface area contributed by atoms with E-state index in [0.29, 0.717) is 61.0 Å². The van der Waals surface area contributed by atoms with Gasteiger partial charge in [-0.05, 0) is 209 Å². The van der Waals surface area contributed by atoms with Crippen LogP contribution in [0.2, 0.25) is 0 Å². The van der Waals surface area contributed by atoms with Crippen LogP contribution in [0, 0.1) is 11.8 Å². The van der Waals surface area contributed by atoms with E-state index in [1.807, 2.05) is 0 Å². The Morgan fingerprint density at radius 3 is 0.784 bits per heavy atom. The highest BCUT2D eigenvalue weighted by molar-refractivity contribution is 6.46. The molecule has 0 fully saturated rings. The normalized spacial score (nSPS) is 14.2. The minimum Gasteiger partial charge on any atom is -0.274 e. The zero-order chi connectivity index (χ0) is 60.2. The van der Waals surface area contributed by atoms with Crippen LogP contribution in [0.1, 0.15) is 165 Å². The van der Waals surface area contributed by atoms with Gasteiger partial charge in [0, 0.05) is 23.9 Å². The van der Waals surface area contributed by atoms with Gasteiger partial charge in [-0.15, -0.1) is 0 Å². The topological polar surface area (TPSA) is 74.8 Å². The predicted molar refractivity (Wildman–Crippen MR) is 364 cm³/mol. The molecule has 440 valence electrons. The molecule has 12 aromatic rings. The van der Waals surface area contributed by atoms with Crippen molar-refractivity contribution in [2.75, 3.05) is 13.1 Å². The molecule has 0 saturated heterocycles. The van der Waals surface area contributed by atoms with Gasteiger partial charge in [-0.3, -0.25) is 29.0 Å². The number of hydrogen-bond donors (Lipinski definition) is 0. The second kappa shape index (κ2) is 24.1. The Morgan fingerprint density at radius 2 is 0.545 bits per heavy atom. The summed E-state index contributed by atoms with van der Waals surface area (Å²) >= 11 is 0. The molecule has 4 amide bonds. The molecule has 0 aliphatic carbocycles. The van der Waals surface area contributed by atoms with Gasteiger partial charge in [0.25, 0.3) is 23.6 Å². The monoisotopic (exact) mass is 1150 g/mol. The van der Waals surface area contributed by atoms with Crippen LogP contribution in [-0.4, -0.2) is 46.5 Å². The van der Waals surface area contributed by atoms with Gasteiger partial charge in [0.2, 0.25) is 0 Å².